The van der Waals surface area contributed by atoms with Crippen LogP contribution in [0.1, 0.15) is 94.8 Å². The lowest BCUT2D eigenvalue weighted by Gasteiger charge is -2.53. The summed E-state index contributed by atoms with van der Waals surface area (Å²) in [4.78, 5) is 65.6. The van der Waals surface area contributed by atoms with Crippen LogP contribution in [-0.4, -0.2) is 197 Å². The van der Waals surface area contributed by atoms with Crippen molar-refractivity contribution in [3.05, 3.63) is 100 Å². The Hall–Kier alpha value is -7.76. The first kappa shape index (κ1) is 66.7. The molecular formula is C71H91N5O17. The maximum Gasteiger partial charge on any atom is 0.338 e. The molecule has 12 atom stereocenters. The summed E-state index contributed by atoms with van der Waals surface area (Å²) in [6, 6.07) is 21.4. The van der Waals surface area contributed by atoms with Crippen LogP contribution in [0.15, 0.2) is 66.7 Å². The summed E-state index contributed by atoms with van der Waals surface area (Å²) < 4.78 is 75.9. The van der Waals surface area contributed by atoms with E-state index in [0.29, 0.717) is 47.3 Å². The molecule has 0 radical (unpaired) electrons. The number of para-hydroxylation sites is 1. The molecule has 0 amide bonds. The zero-order valence-electron chi connectivity index (χ0n) is 55.9. The van der Waals surface area contributed by atoms with Gasteiger partial charge in [0.15, 0.2) is 23.0 Å². The number of methoxy groups -OCH3 is 11. The highest BCUT2D eigenvalue weighted by atomic mass is 16.6. The van der Waals surface area contributed by atoms with Crippen molar-refractivity contribution in [1.82, 2.24) is 24.3 Å². The van der Waals surface area contributed by atoms with E-state index < -0.39 is 48.2 Å². The summed E-state index contributed by atoms with van der Waals surface area (Å²) in [6.45, 7) is 11.6. The molecule has 2 aromatic heterocycles. The van der Waals surface area contributed by atoms with E-state index in [4.69, 9.17) is 61.6 Å². The molecule has 93 heavy (non-hydrogen) atoms. The molecule has 2 saturated heterocycles. The van der Waals surface area contributed by atoms with Crippen molar-refractivity contribution < 1.29 is 80.8 Å². The van der Waals surface area contributed by atoms with Gasteiger partial charge >= 0.3 is 23.9 Å². The highest BCUT2D eigenvalue weighted by molar-refractivity contribution is 5.93. The van der Waals surface area contributed by atoms with E-state index in [0.717, 1.165) is 89.3 Å². The molecular weight excluding hydrogens is 1190 g/mol. The van der Waals surface area contributed by atoms with Crippen LogP contribution in [0.3, 0.4) is 0 Å². The summed E-state index contributed by atoms with van der Waals surface area (Å²) in [6.07, 6.45) is 1.95. The molecule has 6 heterocycles. The van der Waals surface area contributed by atoms with E-state index in [9.17, 15) is 19.2 Å². The Kier molecular flexibility index (Phi) is 20.7. The predicted molar refractivity (Wildman–Crippen MR) is 346 cm³/mol. The zero-order valence-corrected chi connectivity index (χ0v) is 55.9. The second-order valence-electron chi connectivity index (χ2n) is 25.0. The average Bonchev–Trinajstić information content (AvgIpc) is 1.68. The zero-order chi connectivity index (χ0) is 65.9. The number of hydrogen-bond acceptors (Lipinski definition) is 20. The number of ether oxygens (including phenoxy) is 13. The molecule has 2 aliphatic carbocycles. The standard InChI is InChI=1S/C39H53N3O9.C32H38N2O8/c1-9-40(10-2)15-16-42-29-20-25(45-3)11-12-26(29)27-13-14-41-22-24-19-33(37(49-7)34(39(44)50-8)28(24)21-30(41)35(27)42)51-38(43)23-17-31(46-4)36(48-6)32(18-23)47-5;1-37-24-12-17(13-25(38-2)29(24)39-3)31(35)42-26-14-18-16-34-11-10-20-19-8-6-7-9-22(19)33-28(20)23(34)15-21(18)27(30(26)40-4)32(36)41-5/h11-12,17-18,20,24,28,30,33-34,37H,9-10,13-16,19,21-22H2,1-8H3;6-9,12-13,18,21,23,26-27,30,33H,10-11,14-16H2,1-5H3/t24-,28+,30-,33-,34+,37+;18-,21+,23-,26-,27+,30+/m11/s1. The number of aromatic amines is 1. The van der Waals surface area contributed by atoms with Crippen molar-refractivity contribution in [1.29, 1.82) is 0 Å². The Bertz CT molecular complexity index is 3620. The van der Waals surface area contributed by atoms with Gasteiger partial charge < -0.3 is 76.0 Å². The summed E-state index contributed by atoms with van der Waals surface area (Å²) >= 11 is 0. The predicted octanol–water partition coefficient (Wildman–Crippen LogP) is 9.15. The normalized spacial score (nSPS) is 25.5. The number of piperidine rings is 2. The van der Waals surface area contributed by atoms with Crippen molar-refractivity contribution >= 4 is 45.7 Å². The maximum atomic E-state index is 13.7. The summed E-state index contributed by atoms with van der Waals surface area (Å²) in [7, 11) is 16.7. The van der Waals surface area contributed by atoms with Gasteiger partial charge in [0.1, 0.15) is 30.2 Å². The third-order valence-electron chi connectivity index (χ3n) is 21.0. The van der Waals surface area contributed by atoms with E-state index in [2.05, 4.69) is 80.6 Å². The third kappa shape index (κ3) is 12.5. The Morgan fingerprint density at radius 3 is 1.52 bits per heavy atom. The second kappa shape index (κ2) is 28.8. The highest BCUT2D eigenvalue weighted by Crippen LogP contribution is 2.54. The number of carbonyl (C=O) groups excluding carboxylic acids is 4. The van der Waals surface area contributed by atoms with E-state index in [1.807, 2.05) is 0 Å². The van der Waals surface area contributed by atoms with E-state index >= 15 is 0 Å². The van der Waals surface area contributed by atoms with Gasteiger partial charge in [-0.05, 0) is 129 Å². The Morgan fingerprint density at radius 1 is 0.548 bits per heavy atom. The molecule has 0 bridgehead atoms. The van der Waals surface area contributed by atoms with Gasteiger partial charge in [-0.15, -0.1) is 0 Å². The number of hydrogen-bond donors (Lipinski definition) is 1. The Labute approximate surface area is 544 Å². The van der Waals surface area contributed by atoms with Crippen LogP contribution in [0.25, 0.3) is 21.8 Å². The lowest BCUT2D eigenvalue weighted by atomic mass is 9.63. The fraction of sp³-hybridized carbons (Fsp3) is 0.549. The first-order valence-corrected chi connectivity index (χ1v) is 32.4. The van der Waals surface area contributed by atoms with Gasteiger partial charge in [-0.2, -0.15) is 0 Å². The molecule has 0 spiro atoms. The van der Waals surface area contributed by atoms with Crippen LogP contribution >= 0.6 is 0 Å². The minimum absolute atomic E-state index is 0.0112. The number of nitrogens with zero attached hydrogens (tertiary/aromatic N) is 4. The van der Waals surface area contributed by atoms with Crippen LogP contribution in [0.4, 0.5) is 0 Å². The SMILES string of the molecule is CCN(CC)CCn1c2c(c3ccc(OC)cc31)CCN1C[C@H]3C[C@@H](OC(=O)c4cc(OC)c(OC)c(OC)c4)[C@H](OC)[C@@H](C(=O)OC)[C@H]3C[C@H]21.COC(=O)[C@H]1[C@H]2C[C@@H]3c4[nH]c5ccccc5c4CCN3C[C@H]2C[C@@H](OC(=O)c2cc(OC)c(OC)c(OC)c2)[C@@H]1OC. The first-order chi connectivity index (χ1) is 45.2. The maximum absolute atomic E-state index is 13.7. The quantitative estimate of drug-likeness (QED) is 0.0556. The van der Waals surface area contributed by atoms with Crippen LogP contribution in [0.2, 0.25) is 0 Å². The van der Waals surface area contributed by atoms with Gasteiger partial charge in [-0.25, -0.2) is 9.59 Å². The van der Waals surface area contributed by atoms with E-state index in [-0.39, 0.29) is 58.8 Å². The number of H-pyrrole nitrogens is 1. The fourth-order valence-corrected chi connectivity index (χ4v) is 16.6. The van der Waals surface area contributed by atoms with Gasteiger partial charge in [-0.1, -0.05) is 32.0 Å². The monoisotopic (exact) mass is 1290 g/mol. The largest absolute Gasteiger partial charge is 0.497 e. The molecule has 2 saturated carbocycles. The number of carbonyl (C=O) groups is 4. The van der Waals surface area contributed by atoms with Gasteiger partial charge in [0.05, 0.1) is 105 Å². The van der Waals surface area contributed by atoms with Gasteiger partial charge in [0.25, 0.3) is 0 Å². The number of likely N-dealkylation sites (N-methyl/N-ethyl adjacent to an activating group) is 1. The Morgan fingerprint density at radius 2 is 1.04 bits per heavy atom. The van der Waals surface area contributed by atoms with Crippen LogP contribution in [-0.2, 0) is 57.4 Å². The fourth-order valence-electron chi connectivity index (χ4n) is 16.6. The van der Waals surface area contributed by atoms with Crippen molar-refractivity contribution in [3.8, 4) is 40.2 Å². The van der Waals surface area contributed by atoms with Gasteiger partial charge in [0, 0.05) is 87.2 Å². The smallest absolute Gasteiger partial charge is 0.338 e. The van der Waals surface area contributed by atoms with Crippen LogP contribution in [0.5, 0.6) is 40.2 Å². The van der Waals surface area contributed by atoms with Gasteiger partial charge in [-0.3, -0.25) is 19.4 Å². The minimum atomic E-state index is -0.683. The van der Waals surface area contributed by atoms with Crippen molar-refractivity contribution in [2.45, 2.75) is 95.4 Å². The van der Waals surface area contributed by atoms with Crippen molar-refractivity contribution in [2.75, 3.05) is 124 Å². The number of esters is 4. The lowest BCUT2D eigenvalue weighted by Crippen LogP contribution is -2.58. The minimum Gasteiger partial charge on any atom is -0.497 e. The Balaban J connectivity index is 0.000000194. The molecule has 22 nitrogen and oxygen atoms in total. The number of rotatable bonds is 20. The van der Waals surface area contributed by atoms with Crippen LogP contribution < -0.4 is 33.2 Å². The van der Waals surface area contributed by atoms with Crippen LogP contribution in [0, 0.1) is 35.5 Å². The molecule has 4 fully saturated rings. The van der Waals surface area contributed by atoms with E-state index in [1.165, 1.54) is 95.7 Å². The van der Waals surface area contributed by atoms with Crippen molar-refractivity contribution in [3.63, 3.8) is 0 Å². The molecule has 0 unspecified atom stereocenters. The molecule has 12 rings (SSSR count). The molecule has 6 aliphatic rings. The number of nitrogens with one attached hydrogen (secondary N) is 1. The summed E-state index contributed by atoms with van der Waals surface area (Å²) in [5, 5.41) is 2.55. The topological polar surface area (TPSA) is 219 Å². The average molecular weight is 1290 g/mol. The molecule has 4 aliphatic heterocycles. The highest BCUT2D eigenvalue weighted by Gasteiger charge is 2.57. The molecule has 4 aromatic carbocycles. The number of benzene rings is 4. The first-order valence-electron chi connectivity index (χ1n) is 32.4. The van der Waals surface area contributed by atoms with Gasteiger partial charge in [0.2, 0.25) is 11.5 Å². The summed E-state index contributed by atoms with van der Waals surface area (Å²) in [5.41, 5.74) is 8.18. The van der Waals surface area contributed by atoms with Crippen molar-refractivity contribution in [2.24, 2.45) is 35.5 Å². The molecule has 502 valence electrons. The molecule has 22 heteroatoms. The molecule has 1 N–H and O–H groups in total. The second-order valence-corrected chi connectivity index (χ2v) is 25.0. The number of aromatic nitrogens is 2. The lowest BCUT2D eigenvalue weighted by molar-refractivity contribution is -0.176. The number of fused-ring (bicyclic) bond motifs is 12. The summed E-state index contributed by atoms with van der Waals surface area (Å²) in [5.74, 6) is 0.194. The third-order valence-corrected chi connectivity index (χ3v) is 21.0. The van der Waals surface area contributed by atoms with E-state index in [1.54, 1.807) is 45.6 Å². The molecule has 6 aromatic rings.